The third kappa shape index (κ3) is 2.50. The first-order chi connectivity index (χ1) is 10.0. The summed E-state index contributed by atoms with van der Waals surface area (Å²) in [5.74, 6) is -0.442. The zero-order chi connectivity index (χ0) is 15.0. The molecule has 0 saturated carbocycles. The molecule has 3 aromatic rings. The van der Waals surface area contributed by atoms with Crippen molar-refractivity contribution in [1.29, 1.82) is 0 Å². The average molecular weight is 284 g/mol. The van der Waals surface area contributed by atoms with E-state index < -0.39 is 11.7 Å². The first-order valence-electron chi connectivity index (χ1n) is 6.48. The Balaban J connectivity index is 1.90. The van der Waals surface area contributed by atoms with Crippen LogP contribution in [0.5, 0.6) is 0 Å². The monoisotopic (exact) mass is 284 g/mol. The molecule has 0 aliphatic heterocycles. The predicted octanol–water partition coefficient (Wildman–Crippen LogP) is 3.84. The highest BCUT2D eigenvalue weighted by Crippen LogP contribution is 2.21. The van der Waals surface area contributed by atoms with Crippen LogP contribution >= 0.6 is 0 Å². The lowest BCUT2D eigenvalue weighted by Gasteiger charge is -2.07. The number of hydrogen-bond acceptors (Lipinski definition) is 3. The maximum atomic E-state index is 13.9. The lowest BCUT2D eigenvalue weighted by atomic mass is 10.1. The lowest BCUT2D eigenvalue weighted by molar-refractivity contribution is 0.102. The molecule has 0 radical (unpaired) electrons. The number of nitrogens with zero attached hydrogens (tertiary/aromatic N) is 1. The molecule has 0 atom stereocenters. The molecule has 0 saturated heterocycles. The number of carbonyl (C=O) groups is 1. The van der Waals surface area contributed by atoms with Gasteiger partial charge in [0, 0.05) is 12.6 Å². The van der Waals surface area contributed by atoms with Gasteiger partial charge in [0.05, 0.1) is 5.56 Å². The Kier molecular flexibility index (Phi) is 3.17. The van der Waals surface area contributed by atoms with Crippen molar-refractivity contribution < 1.29 is 13.6 Å². The van der Waals surface area contributed by atoms with Crippen LogP contribution < -0.4 is 5.32 Å². The quantitative estimate of drug-likeness (QED) is 0.778. The molecule has 4 nitrogen and oxygen atoms in total. The van der Waals surface area contributed by atoms with Crippen LogP contribution in [0.1, 0.15) is 21.8 Å². The fourth-order valence-corrected chi connectivity index (χ4v) is 2.14. The van der Waals surface area contributed by atoms with Gasteiger partial charge in [0.2, 0.25) is 0 Å². The molecule has 0 fully saturated rings. The number of aryl methyl sites for hydroxylation is 2. The van der Waals surface area contributed by atoms with Gasteiger partial charge in [0.25, 0.3) is 5.91 Å². The predicted molar refractivity (Wildman–Crippen MR) is 77.8 cm³/mol. The van der Waals surface area contributed by atoms with Crippen LogP contribution in [0.25, 0.3) is 11.1 Å². The van der Waals surface area contributed by atoms with Gasteiger partial charge in [-0.05, 0) is 36.8 Å². The summed E-state index contributed by atoms with van der Waals surface area (Å²) in [6.07, 6.45) is 0. The normalized spacial score (nSPS) is 10.8. The number of nitrogens with one attached hydrogen (secondary N) is 1. The molecule has 106 valence electrons. The third-order valence-corrected chi connectivity index (χ3v) is 3.19. The molecule has 0 unspecified atom stereocenters. The number of rotatable bonds is 2. The van der Waals surface area contributed by atoms with Crippen LogP contribution in [-0.4, -0.2) is 10.9 Å². The zero-order valence-corrected chi connectivity index (χ0v) is 11.6. The summed E-state index contributed by atoms with van der Waals surface area (Å²) in [6, 6.07) is 9.83. The fraction of sp³-hybridized carbons (Fsp3) is 0.125. The van der Waals surface area contributed by atoms with Gasteiger partial charge in [0.15, 0.2) is 11.5 Å². The van der Waals surface area contributed by atoms with Crippen molar-refractivity contribution >= 4 is 22.7 Å². The summed E-state index contributed by atoms with van der Waals surface area (Å²) >= 11 is 0. The Morgan fingerprint density at radius 3 is 2.86 bits per heavy atom. The van der Waals surface area contributed by atoms with Gasteiger partial charge in [-0.2, -0.15) is 0 Å². The Hall–Kier alpha value is -2.69. The highest BCUT2D eigenvalue weighted by atomic mass is 19.1. The number of oxazole rings is 1. The number of benzene rings is 2. The fourth-order valence-electron chi connectivity index (χ4n) is 2.14. The van der Waals surface area contributed by atoms with Gasteiger partial charge in [-0.3, -0.25) is 4.79 Å². The van der Waals surface area contributed by atoms with E-state index in [1.165, 1.54) is 6.07 Å². The second kappa shape index (κ2) is 5.01. The molecule has 21 heavy (non-hydrogen) atoms. The minimum absolute atomic E-state index is 0.0198. The first kappa shape index (κ1) is 13.3. The van der Waals surface area contributed by atoms with Crippen molar-refractivity contribution in [3.05, 3.63) is 59.2 Å². The molecule has 0 aliphatic carbocycles. The summed E-state index contributed by atoms with van der Waals surface area (Å²) in [7, 11) is 0. The smallest absolute Gasteiger partial charge is 0.258 e. The standard InChI is InChI=1S/C16H13FN2O2/c1-9-4-3-5-12(15(9)17)16(20)19-11-6-7-14-13(8-11)18-10(2)21-14/h3-8H,1-2H3,(H,19,20). The van der Waals surface area contributed by atoms with E-state index >= 15 is 0 Å². The van der Waals surface area contributed by atoms with E-state index in [9.17, 15) is 9.18 Å². The number of amides is 1. The van der Waals surface area contributed by atoms with E-state index in [0.717, 1.165) is 0 Å². The van der Waals surface area contributed by atoms with E-state index in [2.05, 4.69) is 10.3 Å². The highest BCUT2D eigenvalue weighted by Gasteiger charge is 2.14. The van der Waals surface area contributed by atoms with Crippen LogP contribution in [0.4, 0.5) is 10.1 Å². The highest BCUT2D eigenvalue weighted by molar-refractivity contribution is 6.05. The van der Waals surface area contributed by atoms with Gasteiger partial charge in [-0.1, -0.05) is 12.1 Å². The number of aromatic nitrogens is 1. The number of halogens is 1. The molecule has 0 spiro atoms. The van der Waals surface area contributed by atoms with Gasteiger partial charge < -0.3 is 9.73 Å². The van der Waals surface area contributed by atoms with Crippen LogP contribution in [0.15, 0.2) is 40.8 Å². The molecule has 2 aromatic carbocycles. The molecular formula is C16H13FN2O2. The van der Waals surface area contributed by atoms with E-state index in [4.69, 9.17) is 4.42 Å². The van der Waals surface area contributed by atoms with E-state index in [1.807, 2.05) is 0 Å². The van der Waals surface area contributed by atoms with E-state index in [0.29, 0.717) is 28.2 Å². The molecule has 1 amide bonds. The molecular weight excluding hydrogens is 271 g/mol. The second-order valence-electron chi connectivity index (χ2n) is 4.81. The van der Waals surface area contributed by atoms with Crippen LogP contribution in [0, 0.1) is 19.7 Å². The summed E-state index contributed by atoms with van der Waals surface area (Å²) < 4.78 is 19.3. The number of anilines is 1. The van der Waals surface area contributed by atoms with Crippen molar-refractivity contribution in [3.63, 3.8) is 0 Å². The first-order valence-corrected chi connectivity index (χ1v) is 6.48. The van der Waals surface area contributed by atoms with Crippen LogP contribution in [-0.2, 0) is 0 Å². The number of fused-ring (bicyclic) bond motifs is 1. The average Bonchev–Trinajstić information content (AvgIpc) is 2.81. The topological polar surface area (TPSA) is 55.1 Å². The number of hydrogen-bond donors (Lipinski definition) is 1. The molecule has 0 bridgehead atoms. The summed E-state index contributed by atoms with van der Waals surface area (Å²) in [5, 5.41) is 2.67. The third-order valence-electron chi connectivity index (χ3n) is 3.19. The largest absolute Gasteiger partial charge is 0.441 e. The molecule has 0 aliphatic rings. The molecule has 1 heterocycles. The van der Waals surface area contributed by atoms with Crippen LogP contribution in [0.3, 0.4) is 0 Å². The van der Waals surface area contributed by atoms with Crippen LogP contribution in [0.2, 0.25) is 0 Å². The molecule has 1 aromatic heterocycles. The van der Waals surface area contributed by atoms with Crippen molar-refractivity contribution in [2.75, 3.05) is 5.32 Å². The zero-order valence-electron chi connectivity index (χ0n) is 11.6. The minimum Gasteiger partial charge on any atom is -0.441 e. The second-order valence-corrected chi connectivity index (χ2v) is 4.81. The van der Waals surface area contributed by atoms with Crippen molar-refractivity contribution in [3.8, 4) is 0 Å². The summed E-state index contributed by atoms with van der Waals surface area (Å²) in [6.45, 7) is 3.37. The Labute approximate surface area is 120 Å². The van der Waals surface area contributed by atoms with E-state index in [-0.39, 0.29) is 5.56 Å². The number of carbonyl (C=O) groups excluding carboxylic acids is 1. The van der Waals surface area contributed by atoms with Gasteiger partial charge in [0.1, 0.15) is 11.3 Å². The summed E-state index contributed by atoms with van der Waals surface area (Å²) in [4.78, 5) is 16.3. The Bertz CT molecular complexity index is 839. The maximum Gasteiger partial charge on any atom is 0.258 e. The van der Waals surface area contributed by atoms with Gasteiger partial charge in [-0.25, -0.2) is 9.37 Å². The summed E-state index contributed by atoms with van der Waals surface area (Å²) in [5.41, 5.74) is 2.29. The maximum absolute atomic E-state index is 13.9. The van der Waals surface area contributed by atoms with Crippen molar-refractivity contribution in [1.82, 2.24) is 4.98 Å². The Morgan fingerprint density at radius 2 is 2.05 bits per heavy atom. The lowest BCUT2D eigenvalue weighted by Crippen LogP contribution is -2.14. The molecule has 5 heteroatoms. The molecule has 3 rings (SSSR count). The van der Waals surface area contributed by atoms with Crippen molar-refractivity contribution in [2.24, 2.45) is 0 Å². The molecule has 1 N–H and O–H groups in total. The van der Waals surface area contributed by atoms with Gasteiger partial charge >= 0.3 is 0 Å². The Morgan fingerprint density at radius 1 is 1.24 bits per heavy atom. The van der Waals surface area contributed by atoms with E-state index in [1.54, 1.807) is 44.2 Å². The van der Waals surface area contributed by atoms with Gasteiger partial charge in [-0.15, -0.1) is 0 Å². The SMILES string of the molecule is Cc1nc2cc(NC(=O)c3cccc(C)c3F)ccc2o1. The van der Waals surface area contributed by atoms with Crippen molar-refractivity contribution in [2.45, 2.75) is 13.8 Å². The minimum atomic E-state index is -0.506.